The van der Waals surface area contributed by atoms with Gasteiger partial charge in [0, 0.05) is 16.6 Å². The van der Waals surface area contributed by atoms with Crippen LogP contribution < -0.4 is 5.32 Å². The van der Waals surface area contributed by atoms with Crippen molar-refractivity contribution in [2.45, 2.75) is 32.2 Å². The maximum atomic E-state index is 13.8. The average Bonchev–Trinajstić information content (AvgIpc) is 2.48. The number of rotatable bonds is 6. The van der Waals surface area contributed by atoms with E-state index in [4.69, 9.17) is 11.6 Å². The van der Waals surface area contributed by atoms with Crippen LogP contribution in [-0.2, 0) is 12.8 Å². The topological polar surface area (TPSA) is 12.0 Å². The fourth-order valence-electron chi connectivity index (χ4n) is 2.42. The van der Waals surface area contributed by atoms with Crippen LogP contribution >= 0.6 is 11.6 Å². The van der Waals surface area contributed by atoms with Crippen LogP contribution in [0.4, 0.5) is 4.39 Å². The predicted molar refractivity (Wildman–Crippen MR) is 87.5 cm³/mol. The highest BCUT2D eigenvalue weighted by Gasteiger charge is 2.13. The Morgan fingerprint density at radius 2 is 1.86 bits per heavy atom. The van der Waals surface area contributed by atoms with E-state index in [-0.39, 0.29) is 11.9 Å². The van der Waals surface area contributed by atoms with E-state index in [9.17, 15) is 4.39 Å². The molecule has 0 bridgehead atoms. The number of benzene rings is 2. The lowest BCUT2D eigenvalue weighted by Gasteiger charge is -2.17. The van der Waals surface area contributed by atoms with E-state index >= 15 is 0 Å². The van der Waals surface area contributed by atoms with Crippen molar-refractivity contribution in [2.24, 2.45) is 0 Å². The molecule has 112 valence electrons. The second-order valence-corrected chi connectivity index (χ2v) is 5.82. The Labute approximate surface area is 131 Å². The third-order valence-corrected chi connectivity index (χ3v) is 4.18. The first-order valence-electron chi connectivity index (χ1n) is 7.26. The smallest absolute Gasteiger partial charge is 0.127 e. The van der Waals surface area contributed by atoms with Gasteiger partial charge in [-0.15, -0.1) is 0 Å². The highest BCUT2D eigenvalue weighted by atomic mass is 35.5. The number of halogens is 2. The molecule has 2 aromatic rings. The van der Waals surface area contributed by atoms with Crippen LogP contribution in [0.15, 0.2) is 42.5 Å². The van der Waals surface area contributed by atoms with Crippen LogP contribution in [0.25, 0.3) is 0 Å². The Kier molecular flexibility index (Phi) is 5.77. The van der Waals surface area contributed by atoms with Gasteiger partial charge < -0.3 is 5.32 Å². The van der Waals surface area contributed by atoms with Gasteiger partial charge in [0.15, 0.2) is 0 Å². The van der Waals surface area contributed by atoms with Crippen LogP contribution in [-0.4, -0.2) is 13.1 Å². The van der Waals surface area contributed by atoms with Crippen molar-refractivity contribution in [3.05, 3.63) is 70.0 Å². The summed E-state index contributed by atoms with van der Waals surface area (Å²) >= 11 is 6.10. The standard InChI is InChI=1S/C18H21ClFN/c1-13-6-8-14(9-7-13)10-11-15(21-2)12-16-17(19)4-3-5-18(16)20/h3-9,15,21H,10-12H2,1-2H3. The van der Waals surface area contributed by atoms with Crippen molar-refractivity contribution in [3.63, 3.8) is 0 Å². The Bertz CT molecular complexity index is 560. The van der Waals surface area contributed by atoms with Gasteiger partial charge in [-0.25, -0.2) is 4.39 Å². The van der Waals surface area contributed by atoms with Gasteiger partial charge in [0.05, 0.1) is 0 Å². The van der Waals surface area contributed by atoms with E-state index in [1.807, 2.05) is 7.05 Å². The molecule has 3 heteroatoms. The number of aryl methyl sites for hydroxylation is 2. The molecule has 1 unspecified atom stereocenters. The number of hydrogen-bond donors (Lipinski definition) is 1. The molecule has 0 spiro atoms. The lowest BCUT2D eigenvalue weighted by Crippen LogP contribution is -2.28. The zero-order valence-corrected chi connectivity index (χ0v) is 13.3. The zero-order valence-electron chi connectivity index (χ0n) is 12.5. The molecule has 0 heterocycles. The van der Waals surface area contributed by atoms with Crippen molar-refractivity contribution < 1.29 is 4.39 Å². The fourth-order valence-corrected chi connectivity index (χ4v) is 2.66. The molecule has 1 nitrogen and oxygen atoms in total. The Hall–Kier alpha value is -1.38. The van der Waals surface area contributed by atoms with Crippen LogP contribution in [0, 0.1) is 12.7 Å². The molecule has 0 radical (unpaired) electrons. The van der Waals surface area contributed by atoms with Gasteiger partial charge >= 0.3 is 0 Å². The largest absolute Gasteiger partial charge is 0.317 e. The number of nitrogens with one attached hydrogen (secondary N) is 1. The molecule has 0 aliphatic carbocycles. The quantitative estimate of drug-likeness (QED) is 0.825. The molecule has 21 heavy (non-hydrogen) atoms. The first-order valence-corrected chi connectivity index (χ1v) is 7.63. The van der Waals surface area contributed by atoms with Crippen molar-refractivity contribution in [3.8, 4) is 0 Å². The first kappa shape index (κ1) is 16.0. The second kappa shape index (κ2) is 7.58. The molecule has 0 amide bonds. The van der Waals surface area contributed by atoms with Crippen LogP contribution in [0.5, 0.6) is 0 Å². The van der Waals surface area contributed by atoms with Crippen LogP contribution in [0.2, 0.25) is 5.02 Å². The minimum Gasteiger partial charge on any atom is -0.317 e. The van der Waals surface area contributed by atoms with Gasteiger partial charge in [-0.05, 0) is 50.9 Å². The summed E-state index contributed by atoms with van der Waals surface area (Å²) in [7, 11) is 1.91. The minimum atomic E-state index is -0.224. The predicted octanol–water partition coefficient (Wildman–Crippen LogP) is 4.55. The van der Waals surface area contributed by atoms with E-state index in [1.165, 1.54) is 17.2 Å². The summed E-state index contributed by atoms with van der Waals surface area (Å²) < 4.78 is 13.8. The zero-order chi connectivity index (χ0) is 15.2. The Balaban J connectivity index is 1.98. The van der Waals surface area contributed by atoms with Gasteiger partial charge in [-0.2, -0.15) is 0 Å². The number of likely N-dealkylation sites (N-methyl/N-ethyl adjacent to an activating group) is 1. The summed E-state index contributed by atoms with van der Waals surface area (Å²) in [4.78, 5) is 0. The van der Waals surface area contributed by atoms with Crippen molar-refractivity contribution in [2.75, 3.05) is 7.05 Å². The van der Waals surface area contributed by atoms with Crippen molar-refractivity contribution in [1.29, 1.82) is 0 Å². The molecule has 1 atom stereocenters. The lowest BCUT2D eigenvalue weighted by molar-refractivity contribution is 0.504. The third kappa shape index (κ3) is 4.55. The summed E-state index contributed by atoms with van der Waals surface area (Å²) in [6, 6.07) is 13.6. The van der Waals surface area contributed by atoms with Gasteiger partial charge in [0.2, 0.25) is 0 Å². The van der Waals surface area contributed by atoms with Gasteiger partial charge in [0.1, 0.15) is 5.82 Å². The highest BCUT2D eigenvalue weighted by molar-refractivity contribution is 6.31. The van der Waals surface area contributed by atoms with Gasteiger partial charge in [0.25, 0.3) is 0 Å². The second-order valence-electron chi connectivity index (χ2n) is 5.41. The molecule has 0 aliphatic rings. The molecular weight excluding hydrogens is 285 g/mol. The van der Waals surface area contributed by atoms with Crippen LogP contribution in [0.3, 0.4) is 0 Å². The molecule has 0 fully saturated rings. The fraction of sp³-hybridized carbons (Fsp3) is 0.333. The van der Waals surface area contributed by atoms with E-state index < -0.39 is 0 Å². The maximum Gasteiger partial charge on any atom is 0.127 e. The summed E-state index contributed by atoms with van der Waals surface area (Å²) in [5.41, 5.74) is 3.17. The van der Waals surface area contributed by atoms with Gasteiger partial charge in [-0.1, -0.05) is 47.5 Å². The number of hydrogen-bond acceptors (Lipinski definition) is 1. The van der Waals surface area contributed by atoms with Gasteiger partial charge in [-0.3, -0.25) is 0 Å². The SMILES string of the molecule is CNC(CCc1ccc(C)cc1)Cc1c(F)cccc1Cl. The molecule has 0 aromatic heterocycles. The molecule has 0 saturated heterocycles. The summed E-state index contributed by atoms with van der Waals surface area (Å²) in [5.74, 6) is -0.224. The van der Waals surface area contributed by atoms with E-state index in [1.54, 1.807) is 12.1 Å². The monoisotopic (exact) mass is 305 g/mol. The maximum absolute atomic E-state index is 13.8. The molecular formula is C18H21ClFN. The highest BCUT2D eigenvalue weighted by Crippen LogP contribution is 2.21. The summed E-state index contributed by atoms with van der Waals surface area (Å²) in [5, 5.41) is 3.77. The Morgan fingerprint density at radius 1 is 1.14 bits per heavy atom. The van der Waals surface area contributed by atoms with E-state index in [0.717, 1.165) is 12.8 Å². The molecule has 2 rings (SSSR count). The van der Waals surface area contributed by atoms with Crippen LogP contribution in [0.1, 0.15) is 23.1 Å². The first-order chi connectivity index (χ1) is 10.1. The van der Waals surface area contributed by atoms with Crippen molar-refractivity contribution in [1.82, 2.24) is 5.32 Å². The molecule has 0 saturated carbocycles. The van der Waals surface area contributed by atoms with Crippen molar-refractivity contribution >= 4 is 11.6 Å². The molecule has 1 N–H and O–H groups in total. The van der Waals surface area contributed by atoms with E-state index in [0.29, 0.717) is 17.0 Å². The third-order valence-electron chi connectivity index (χ3n) is 3.82. The molecule has 2 aromatic carbocycles. The lowest BCUT2D eigenvalue weighted by atomic mass is 9.98. The summed E-state index contributed by atoms with van der Waals surface area (Å²) in [6.07, 6.45) is 2.52. The Morgan fingerprint density at radius 3 is 2.48 bits per heavy atom. The minimum absolute atomic E-state index is 0.209. The average molecular weight is 306 g/mol. The molecule has 0 aliphatic heterocycles. The summed E-state index contributed by atoms with van der Waals surface area (Å²) in [6.45, 7) is 2.08. The normalized spacial score (nSPS) is 12.4. The van der Waals surface area contributed by atoms with E-state index in [2.05, 4.69) is 36.5 Å².